The van der Waals surface area contributed by atoms with Crippen molar-refractivity contribution in [2.45, 2.75) is 51.6 Å². The van der Waals surface area contributed by atoms with Crippen molar-refractivity contribution in [2.24, 2.45) is 5.73 Å². The fraction of sp³-hybridized carbons (Fsp3) is 0.917. The number of rotatable bonds is 5. The van der Waals surface area contributed by atoms with Gasteiger partial charge in [-0.2, -0.15) is 0 Å². The molecule has 4 nitrogen and oxygen atoms in total. The Morgan fingerprint density at radius 3 is 2.88 bits per heavy atom. The lowest BCUT2D eigenvalue weighted by Crippen LogP contribution is -2.49. The van der Waals surface area contributed by atoms with Gasteiger partial charge in [0.1, 0.15) is 0 Å². The predicted molar refractivity (Wildman–Crippen MR) is 66.2 cm³/mol. The SMILES string of the molecule is CCNC(=O)CCN1C(C)CCCC1CN. The number of carbonyl (C=O) groups excluding carboxylic acids is 1. The molecule has 2 atom stereocenters. The van der Waals surface area contributed by atoms with Gasteiger partial charge in [0.25, 0.3) is 0 Å². The maximum absolute atomic E-state index is 11.4. The van der Waals surface area contributed by atoms with Crippen LogP contribution in [0.1, 0.15) is 39.5 Å². The predicted octanol–water partition coefficient (Wildman–Crippen LogP) is 0.714. The van der Waals surface area contributed by atoms with Gasteiger partial charge < -0.3 is 11.1 Å². The van der Waals surface area contributed by atoms with E-state index in [1.54, 1.807) is 0 Å². The lowest BCUT2D eigenvalue weighted by molar-refractivity contribution is -0.121. The van der Waals surface area contributed by atoms with Gasteiger partial charge in [0.05, 0.1) is 0 Å². The number of nitrogens with two attached hydrogens (primary N) is 1. The molecule has 0 aromatic rings. The van der Waals surface area contributed by atoms with Crippen LogP contribution in [0.3, 0.4) is 0 Å². The summed E-state index contributed by atoms with van der Waals surface area (Å²) in [6.45, 7) is 6.45. The minimum Gasteiger partial charge on any atom is -0.356 e. The van der Waals surface area contributed by atoms with E-state index in [0.29, 0.717) is 31.6 Å². The molecular weight excluding hydrogens is 202 g/mol. The molecule has 3 N–H and O–H groups in total. The second-order valence-electron chi connectivity index (χ2n) is 4.61. The van der Waals surface area contributed by atoms with Gasteiger partial charge in [-0.1, -0.05) is 6.42 Å². The molecule has 1 amide bonds. The highest BCUT2D eigenvalue weighted by molar-refractivity contribution is 5.75. The van der Waals surface area contributed by atoms with Crippen LogP contribution in [0.2, 0.25) is 0 Å². The number of carbonyl (C=O) groups is 1. The summed E-state index contributed by atoms with van der Waals surface area (Å²) < 4.78 is 0. The van der Waals surface area contributed by atoms with Crippen molar-refractivity contribution in [3.8, 4) is 0 Å². The average molecular weight is 227 g/mol. The third kappa shape index (κ3) is 3.76. The molecule has 1 fully saturated rings. The van der Waals surface area contributed by atoms with Gasteiger partial charge in [-0.05, 0) is 26.7 Å². The summed E-state index contributed by atoms with van der Waals surface area (Å²) in [5.41, 5.74) is 5.78. The number of nitrogens with one attached hydrogen (secondary N) is 1. The van der Waals surface area contributed by atoms with Crippen LogP contribution in [-0.2, 0) is 4.79 Å². The first-order chi connectivity index (χ1) is 7.69. The minimum atomic E-state index is 0.149. The first-order valence-corrected chi connectivity index (χ1v) is 6.41. The van der Waals surface area contributed by atoms with Gasteiger partial charge >= 0.3 is 0 Å². The summed E-state index contributed by atoms with van der Waals surface area (Å²) >= 11 is 0. The third-order valence-electron chi connectivity index (χ3n) is 3.44. The van der Waals surface area contributed by atoms with E-state index >= 15 is 0 Å². The molecule has 0 radical (unpaired) electrons. The Kier molecular flexibility index (Phi) is 5.77. The zero-order valence-corrected chi connectivity index (χ0v) is 10.5. The third-order valence-corrected chi connectivity index (χ3v) is 3.44. The average Bonchev–Trinajstić information content (AvgIpc) is 2.27. The van der Waals surface area contributed by atoms with Crippen molar-refractivity contribution < 1.29 is 4.79 Å². The van der Waals surface area contributed by atoms with Crippen molar-refractivity contribution >= 4 is 5.91 Å². The van der Waals surface area contributed by atoms with Crippen molar-refractivity contribution in [3.63, 3.8) is 0 Å². The molecule has 2 unspecified atom stereocenters. The molecule has 0 bridgehead atoms. The molecule has 0 aliphatic carbocycles. The Bertz CT molecular complexity index is 220. The number of piperidine rings is 1. The van der Waals surface area contributed by atoms with Crippen LogP contribution in [0.15, 0.2) is 0 Å². The number of likely N-dealkylation sites (tertiary alicyclic amines) is 1. The second kappa shape index (κ2) is 6.86. The summed E-state index contributed by atoms with van der Waals surface area (Å²) in [5.74, 6) is 0.149. The van der Waals surface area contributed by atoms with Gasteiger partial charge in [0.15, 0.2) is 0 Å². The number of hydrogen-bond acceptors (Lipinski definition) is 3. The molecule has 1 saturated heterocycles. The molecule has 1 rings (SSSR count). The van der Waals surface area contributed by atoms with E-state index in [4.69, 9.17) is 5.73 Å². The zero-order chi connectivity index (χ0) is 12.0. The summed E-state index contributed by atoms with van der Waals surface area (Å²) in [4.78, 5) is 13.8. The number of nitrogens with zero attached hydrogens (tertiary/aromatic N) is 1. The molecule has 16 heavy (non-hydrogen) atoms. The topological polar surface area (TPSA) is 58.4 Å². The van der Waals surface area contributed by atoms with Gasteiger partial charge in [-0.25, -0.2) is 0 Å². The number of amides is 1. The Morgan fingerprint density at radius 1 is 1.50 bits per heavy atom. The molecule has 4 heteroatoms. The molecule has 0 aromatic heterocycles. The van der Waals surface area contributed by atoms with Crippen LogP contribution in [-0.4, -0.2) is 42.5 Å². The molecule has 1 heterocycles. The molecule has 94 valence electrons. The first-order valence-electron chi connectivity index (χ1n) is 6.41. The molecule has 0 aromatic carbocycles. The lowest BCUT2D eigenvalue weighted by Gasteiger charge is -2.40. The summed E-state index contributed by atoms with van der Waals surface area (Å²) in [6, 6.07) is 1.04. The highest BCUT2D eigenvalue weighted by Gasteiger charge is 2.26. The van der Waals surface area contributed by atoms with Gasteiger partial charge in [0.2, 0.25) is 5.91 Å². The summed E-state index contributed by atoms with van der Waals surface area (Å²) in [7, 11) is 0. The smallest absolute Gasteiger partial charge is 0.221 e. The molecule has 0 spiro atoms. The minimum absolute atomic E-state index is 0.149. The standard InChI is InChI=1S/C12H25N3O/c1-3-14-12(16)7-8-15-10(2)5-4-6-11(15)9-13/h10-11H,3-9,13H2,1-2H3,(H,14,16). The van der Waals surface area contributed by atoms with Gasteiger partial charge in [-0.3, -0.25) is 9.69 Å². The Labute approximate surface area is 98.6 Å². The number of hydrogen-bond donors (Lipinski definition) is 2. The van der Waals surface area contributed by atoms with Crippen molar-refractivity contribution in [1.82, 2.24) is 10.2 Å². The summed E-state index contributed by atoms with van der Waals surface area (Å²) in [5, 5.41) is 2.84. The monoisotopic (exact) mass is 227 g/mol. The van der Waals surface area contributed by atoms with E-state index in [1.807, 2.05) is 6.92 Å². The van der Waals surface area contributed by atoms with E-state index in [0.717, 1.165) is 6.54 Å². The van der Waals surface area contributed by atoms with Crippen LogP contribution >= 0.6 is 0 Å². The van der Waals surface area contributed by atoms with E-state index < -0.39 is 0 Å². The zero-order valence-electron chi connectivity index (χ0n) is 10.5. The molecule has 1 aliphatic rings. The van der Waals surface area contributed by atoms with Crippen molar-refractivity contribution in [3.05, 3.63) is 0 Å². The van der Waals surface area contributed by atoms with E-state index in [9.17, 15) is 4.79 Å². The van der Waals surface area contributed by atoms with Crippen molar-refractivity contribution in [2.75, 3.05) is 19.6 Å². The Morgan fingerprint density at radius 2 is 2.25 bits per heavy atom. The fourth-order valence-corrected chi connectivity index (χ4v) is 2.51. The Balaban J connectivity index is 2.39. The normalized spacial score (nSPS) is 26.7. The molecular formula is C12H25N3O. The first kappa shape index (κ1) is 13.5. The highest BCUT2D eigenvalue weighted by atomic mass is 16.1. The van der Waals surface area contributed by atoms with Gasteiger partial charge in [-0.15, -0.1) is 0 Å². The quantitative estimate of drug-likeness (QED) is 0.727. The lowest BCUT2D eigenvalue weighted by atomic mass is 9.96. The van der Waals surface area contributed by atoms with Crippen LogP contribution in [0.4, 0.5) is 0 Å². The van der Waals surface area contributed by atoms with Crippen LogP contribution in [0.25, 0.3) is 0 Å². The van der Waals surface area contributed by atoms with Crippen LogP contribution < -0.4 is 11.1 Å². The van der Waals surface area contributed by atoms with Crippen LogP contribution in [0, 0.1) is 0 Å². The van der Waals surface area contributed by atoms with E-state index in [-0.39, 0.29) is 5.91 Å². The molecule has 0 saturated carbocycles. The second-order valence-corrected chi connectivity index (χ2v) is 4.61. The highest BCUT2D eigenvalue weighted by Crippen LogP contribution is 2.22. The van der Waals surface area contributed by atoms with Crippen LogP contribution in [0.5, 0.6) is 0 Å². The largest absolute Gasteiger partial charge is 0.356 e. The maximum Gasteiger partial charge on any atom is 0.221 e. The molecule has 1 aliphatic heterocycles. The van der Waals surface area contributed by atoms with E-state index in [1.165, 1.54) is 19.3 Å². The Hall–Kier alpha value is -0.610. The summed E-state index contributed by atoms with van der Waals surface area (Å²) in [6.07, 6.45) is 4.26. The van der Waals surface area contributed by atoms with E-state index in [2.05, 4.69) is 17.1 Å². The maximum atomic E-state index is 11.4. The van der Waals surface area contributed by atoms with Crippen molar-refractivity contribution in [1.29, 1.82) is 0 Å². The van der Waals surface area contributed by atoms with Gasteiger partial charge in [0, 0.05) is 38.1 Å². The fourth-order valence-electron chi connectivity index (χ4n) is 2.51.